The van der Waals surface area contributed by atoms with Crippen molar-refractivity contribution in [3.63, 3.8) is 0 Å². The zero-order chi connectivity index (χ0) is 52.1. The van der Waals surface area contributed by atoms with Crippen LogP contribution in [0.1, 0.15) is 127 Å². The van der Waals surface area contributed by atoms with Gasteiger partial charge in [-0.05, 0) is 116 Å². The summed E-state index contributed by atoms with van der Waals surface area (Å²) in [7, 11) is 0. The van der Waals surface area contributed by atoms with Crippen LogP contribution in [0.5, 0.6) is 0 Å². The zero-order valence-electron chi connectivity index (χ0n) is 43.2. The van der Waals surface area contributed by atoms with Gasteiger partial charge in [0.1, 0.15) is 23.4 Å². The van der Waals surface area contributed by atoms with E-state index < -0.39 is 64.9 Å². The number of ether oxygens (including phenoxy) is 3. The second kappa shape index (κ2) is 21.8. The molecule has 2 saturated heterocycles. The van der Waals surface area contributed by atoms with E-state index in [0.717, 1.165) is 11.1 Å². The van der Waals surface area contributed by atoms with Crippen molar-refractivity contribution in [1.29, 1.82) is 0 Å². The molecule has 0 radical (unpaired) electrons. The number of pyridine rings is 2. The van der Waals surface area contributed by atoms with Gasteiger partial charge < -0.3 is 34.7 Å². The van der Waals surface area contributed by atoms with Gasteiger partial charge in [0.25, 0.3) is 5.91 Å². The van der Waals surface area contributed by atoms with Crippen LogP contribution in [0.25, 0.3) is 0 Å². The summed E-state index contributed by atoms with van der Waals surface area (Å²) in [6.07, 6.45) is 8.46. The Morgan fingerprint density at radius 2 is 1.40 bits per heavy atom. The third kappa shape index (κ3) is 12.5. The lowest BCUT2D eigenvalue weighted by atomic mass is 9.83. The number of imidazole rings is 1. The molecule has 3 aromatic heterocycles. The van der Waals surface area contributed by atoms with Gasteiger partial charge >= 0.3 is 6.09 Å². The van der Waals surface area contributed by atoms with Gasteiger partial charge in [-0.15, -0.1) is 0 Å². The molecule has 2 aliphatic rings. The standard InChI is InChI=1S/C55H69N9O8/c1-34(2)60-47(65)45(37-14-12-25-56-28-37)63(49(67)43-30-58-33-59-43)40-20-16-36(17-21-40)31-62(52(69)72-54(7,8)9)32-55(10,11)39-18-22-41(23-19-39)64(50(68)44-35(3)71-51-42(44)24-27-70-51)46(38-15-13-26-57-29-38)48(66)61-53(4,5)6/h12-23,25-26,28-30,33-35,42,44-46,51H,24,27,31-32H2,1-11H3,(H,58,59)(H,60,65)(H,61,66). The Morgan fingerprint density at radius 3 is 1.94 bits per heavy atom. The number of carbonyl (C=O) groups is 5. The average molecular weight is 984 g/mol. The number of nitrogens with zero attached hydrogens (tertiary/aromatic N) is 6. The van der Waals surface area contributed by atoms with Crippen LogP contribution in [0.2, 0.25) is 0 Å². The first-order valence-electron chi connectivity index (χ1n) is 24.5. The fraction of sp³-hybridized carbons (Fsp3) is 0.455. The molecule has 2 aromatic carbocycles. The summed E-state index contributed by atoms with van der Waals surface area (Å²) in [4.78, 5) is 92.4. The molecule has 17 nitrogen and oxygen atoms in total. The van der Waals surface area contributed by atoms with Crippen LogP contribution >= 0.6 is 0 Å². The number of rotatable bonds is 16. The number of hydrogen-bond acceptors (Lipinski definition) is 11. The largest absolute Gasteiger partial charge is 0.444 e. The Hall–Kier alpha value is -6.98. The fourth-order valence-electron chi connectivity index (χ4n) is 9.39. The molecule has 0 saturated carbocycles. The predicted molar refractivity (Wildman–Crippen MR) is 272 cm³/mol. The molecule has 2 aliphatic heterocycles. The molecule has 5 aromatic rings. The van der Waals surface area contributed by atoms with Gasteiger partial charge in [-0.25, -0.2) is 9.78 Å². The van der Waals surface area contributed by atoms with Crippen molar-refractivity contribution in [2.45, 2.75) is 136 Å². The maximum absolute atomic E-state index is 15.2. The first-order chi connectivity index (χ1) is 34.0. The van der Waals surface area contributed by atoms with E-state index in [9.17, 15) is 19.2 Å². The summed E-state index contributed by atoms with van der Waals surface area (Å²) in [5.41, 5.74) is 1.58. The highest BCUT2D eigenvalue weighted by Gasteiger charge is 2.52. The quantitative estimate of drug-likeness (QED) is 0.0860. The maximum atomic E-state index is 15.2. The highest BCUT2D eigenvalue weighted by molar-refractivity contribution is 6.09. The van der Waals surface area contributed by atoms with Gasteiger partial charge in [0, 0.05) is 89.5 Å². The molecule has 6 unspecified atom stereocenters. The molecule has 2 fully saturated rings. The number of H-pyrrole nitrogens is 1. The van der Waals surface area contributed by atoms with E-state index in [1.54, 1.807) is 71.0 Å². The van der Waals surface area contributed by atoms with Gasteiger partial charge in [-0.3, -0.25) is 38.9 Å². The molecule has 6 atom stereocenters. The third-order valence-corrected chi connectivity index (χ3v) is 12.6. The first-order valence-corrected chi connectivity index (χ1v) is 24.5. The second-order valence-corrected chi connectivity index (χ2v) is 21.6. The number of aromatic amines is 1. The summed E-state index contributed by atoms with van der Waals surface area (Å²) in [5.74, 6) is -2.27. The number of amides is 5. The van der Waals surface area contributed by atoms with E-state index in [0.29, 0.717) is 35.5 Å². The Balaban J connectivity index is 1.21. The molecule has 17 heteroatoms. The summed E-state index contributed by atoms with van der Waals surface area (Å²) in [6, 6.07) is 19.3. The van der Waals surface area contributed by atoms with Crippen LogP contribution in [0.3, 0.4) is 0 Å². The van der Waals surface area contributed by atoms with Crippen molar-refractivity contribution in [3.8, 4) is 0 Å². The number of carbonyl (C=O) groups excluding carboxylic acids is 5. The number of nitrogens with one attached hydrogen (secondary N) is 3. The Morgan fingerprint density at radius 1 is 0.806 bits per heavy atom. The molecule has 382 valence electrons. The lowest BCUT2D eigenvalue weighted by molar-refractivity contribution is -0.131. The number of aromatic nitrogens is 4. The van der Waals surface area contributed by atoms with Crippen molar-refractivity contribution in [2.75, 3.05) is 23.0 Å². The van der Waals surface area contributed by atoms with Crippen LogP contribution in [0.15, 0.2) is 110 Å². The van der Waals surface area contributed by atoms with E-state index in [-0.39, 0.29) is 42.6 Å². The van der Waals surface area contributed by atoms with Crippen LogP contribution < -0.4 is 20.4 Å². The highest BCUT2D eigenvalue weighted by atomic mass is 16.7. The lowest BCUT2D eigenvalue weighted by Gasteiger charge is -2.37. The van der Waals surface area contributed by atoms with E-state index in [1.165, 1.54) is 17.4 Å². The van der Waals surface area contributed by atoms with Crippen LogP contribution in [-0.2, 0) is 40.6 Å². The Labute approximate surface area is 422 Å². The molecule has 0 spiro atoms. The van der Waals surface area contributed by atoms with Crippen molar-refractivity contribution in [3.05, 3.63) is 138 Å². The molecule has 7 rings (SSSR count). The second-order valence-electron chi connectivity index (χ2n) is 21.6. The zero-order valence-corrected chi connectivity index (χ0v) is 43.2. The lowest BCUT2D eigenvalue weighted by Crippen LogP contribution is -2.52. The molecule has 3 N–H and O–H groups in total. The van der Waals surface area contributed by atoms with Gasteiger partial charge in [0.2, 0.25) is 17.7 Å². The molecule has 0 aliphatic carbocycles. The molecule has 5 amide bonds. The minimum Gasteiger partial charge on any atom is -0.444 e. The summed E-state index contributed by atoms with van der Waals surface area (Å²) >= 11 is 0. The van der Waals surface area contributed by atoms with Crippen molar-refractivity contribution < 1.29 is 38.2 Å². The third-order valence-electron chi connectivity index (χ3n) is 12.6. The monoisotopic (exact) mass is 984 g/mol. The van der Waals surface area contributed by atoms with Crippen LogP contribution in [0.4, 0.5) is 16.2 Å². The van der Waals surface area contributed by atoms with Crippen molar-refractivity contribution in [1.82, 2.24) is 35.5 Å². The average Bonchev–Trinajstić information content (AvgIpc) is 4.08. The molecule has 5 heterocycles. The number of fused-ring (bicyclic) bond motifs is 1. The summed E-state index contributed by atoms with van der Waals surface area (Å²) in [5, 5.41) is 6.07. The molecular weight excluding hydrogens is 915 g/mol. The number of anilines is 2. The van der Waals surface area contributed by atoms with Crippen molar-refractivity contribution >= 4 is 41.1 Å². The van der Waals surface area contributed by atoms with Crippen LogP contribution in [-0.4, -0.2) is 97.3 Å². The fourth-order valence-corrected chi connectivity index (χ4v) is 9.39. The Bertz CT molecular complexity index is 2650. The van der Waals surface area contributed by atoms with Gasteiger partial charge in [0.05, 0.1) is 25.0 Å². The molecular formula is C55H69N9O8. The number of benzene rings is 2. The van der Waals surface area contributed by atoms with E-state index in [1.807, 2.05) is 113 Å². The molecule has 0 bridgehead atoms. The predicted octanol–water partition coefficient (Wildman–Crippen LogP) is 8.21. The molecule has 72 heavy (non-hydrogen) atoms. The SMILES string of the molecule is CC(C)NC(=O)C(c1cccnc1)N(C(=O)c1c[nH]cn1)c1ccc(CN(CC(C)(C)c2ccc(N(C(=O)C3C(C)OC4OCCC43)C(C(=O)NC(C)(C)C)c3cccnc3)cc2)C(=O)OC(C)(C)C)cc1. The minimum absolute atomic E-state index is 0.116. The van der Waals surface area contributed by atoms with E-state index >= 15 is 4.79 Å². The van der Waals surface area contributed by atoms with Gasteiger partial charge in [-0.2, -0.15) is 0 Å². The summed E-state index contributed by atoms with van der Waals surface area (Å²) < 4.78 is 18.0. The van der Waals surface area contributed by atoms with Crippen LogP contribution in [0, 0.1) is 11.8 Å². The highest BCUT2D eigenvalue weighted by Crippen LogP contribution is 2.43. The minimum atomic E-state index is -1.09. The Kier molecular flexibility index (Phi) is 16.0. The topological polar surface area (TPSA) is 201 Å². The number of hydrogen-bond donors (Lipinski definition) is 3. The summed E-state index contributed by atoms with van der Waals surface area (Å²) in [6.45, 7) is 21.6. The van der Waals surface area contributed by atoms with Gasteiger partial charge in [-0.1, -0.05) is 50.2 Å². The normalized spacial score (nSPS) is 18.7. The maximum Gasteiger partial charge on any atom is 0.410 e. The van der Waals surface area contributed by atoms with Gasteiger partial charge in [0.15, 0.2) is 6.29 Å². The van der Waals surface area contributed by atoms with Crippen molar-refractivity contribution in [2.24, 2.45) is 11.8 Å². The smallest absolute Gasteiger partial charge is 0.410 e. The first kappa shape index (κ1) is 52.8. The van der Waals surface area contributed by atoms with E-state index in [2.05, 4.69) is 30.6 Å². The van der Waals surface area contributed by atoms with E-state index in [4.69, 9.17) is 14.2 Å².